The molecule has 2 fully saturated rings. The summed E-state index contributed by atoms with van der Waals surface area (Å²) in [4.78, 5) is 12.1. The van der Waals surface area contributed by atoms with Crippen molar-refractivity contribution in [1.29, 1.82) is 0 Å². The van der Waals surface area contributed by atoms with Crippen LogP contribution in [0.1, 0.15) is 52.4 Å². The van der Waals surface area contributed by atoms with Crippen molar-refractivity contribution in [2.24, 2.45) is 11.3 Å². The fourth-order valence-corrected chi connectivity index (χ4v) is 3.07. The van der Waals surface area contributed by atoms with E-state index in [4.69, 9.17) is 0 Å². The summed E-state index contributed by atoms with van der Waals surface area (Å²) in [6, 6.07) is 0.575. The zero-order chi connectivity index (χ0) is 12.3. The van der Waals surface area contributed by atoms with E-state index in [-0.39, 0.29) is 11.8 Å². The Hall–Kier alpha value is -0.570. The topological polar surface area (TPSA) is 41.1 Å². The zero-order valence-corrected chi connectivity index (χ0v) is 11.2. The van der Waals surface area contributed by atoms with E-state index in [1.165, 1.54) is 25.7 Å². The Labute approximate surface area is 105 Å². The van der Waals surface area contributed by atoms with Crippen LogP contribution in [0.25, 0.3) is 0 Å². The van der Waals surface area contributed by atoms with Gasteiger partial charge in [-0.1, -0.05) is 19.8 Å². The molecule has 0 aromatic carbocycles. The molecule has 98 valence electrons. The Kier molecular flexibility index (Phi) is 4.08. The highest BCUT2D eigenvalue weighted by atomic mass is 16.1. The second kappa shape index (κ2) is 5.38. The summed E-state index contributed by atoms with van der Waals surface area (Å²) in [5, 5.41) is 6.56. The number of hydrogen-bond acceptors (Lipinski definition) is 2. The van der Waals surface area contributed by atoms with Crippen molar-refractivity contribution in [3.63, 3.8) is 0 Å². The number of nitrogens with one attached hydrogen (secondary N) is 2. The van der Waals surface area contributed by atoms with E-state index in [1.807, 2.05) is 0 Å². The van der Waals surface area contributed by atoms with E-state index in [0.29, 0.717) is 11.5 Å². The maximum absolute atomic E-state index is 12.1. The van der Waals surface area contributed by atoms with Crippen molar-refractivity contribution in [3.05, 3.63) is 0 Å². The van der Waals surface area contributed by atoms with Crippen LogP contribution in [-0.4, -0.2) is 25.0 Å². The molecule has 0 spiro atoms. The minimum Gasteiger partial charge on any atom is -0.355 e. The molecule has 3 nitrogen and oxygen atoms in total. The molecule has 2 atom stereocenters. The fraction of sp³-hybridized carbons (Fsp3) is 0.929. The highest BCUT2D eigenvalue weighted by molar-refractivity contribution is 5.79. The van der Waals surface area contributed by atoms with E-state index >= 15 is 0 Å². The second-order valence-electron chi connectivity index (χ2n) is 6.32. The summed E-state index contributed by atoms with van der Waals surface area (Å²) >= 11 is 0. The second-order valence-corrected chi connectivity index (χ2v) is 6.32. The van der Waals surface area contributed by atoms with Gasteiger partial charge in [0, 0.05) is 19.1 Å². The molecule has 0 aromatic heterocycles. The summed E-state index contributed by atoms with van der Waals surface area (Å²) in [7, 11) is 0. The lowest BCUT2D eigenvalue weighted by Crippen LogP contribution is -2.45. The largest absolute Gasteiger partial charge is 0.355 e. The Morgan fingerprint density at radius 1 is 1.35 bits per heavy atom. The van der Waals surface area contributed by atoms with Gasteiger partial charge >= 0.3 is 0 Å². The number of piperidine rings is 1. The smallest absolute Gasteiger partial charge is 0.224 e. The van der Waals surface area contributed by atoms with Crippen LogP contribution in [0.3, 0.4) is 0 Å². The molecule has 17 heavy (non-hydrogen) atoms. The van der Waals surface area contributed by atoms with Crippen LogP contribution in [-0.2, 0) is 4.79 Å². The van der Waals surface area contributed by atoms with Crippen molar-refractivity contribution in [3.8, 4) is 0 Å². The van der Waals surface area contributed by atoms with Crippen LogP contribution in [0.5, 0.6) is 0 Å². The highest BCUT2D eigenvalue weighted by Gasteiger charge is 2.30. The Balaban J connectivity index is 1.73. The lowest BCUT2D eigenvalue weighted by molar-refractivity contribution is -0.126. The molecule has 2 N–H and O–H groups in total. The quantitative estimate of drug-likeness (QED) is 0.790. The molecular formula is C14H26N2O. The van der Waals surface area contributed by atoms with Gasteiger partial charge in [0.2, 0.25) is 5.91 Å². The molecule has 1 amide bonds. The molecule has 0 bridgehead atoms. The zero-order valence-electron chi connectivity index (χ0n) is 11.2. The van der Waals surface area contributed by atoms with Gasteiger partial charge in [-0.3, -0.25) is 4.79 Å². The first-order valence-electron chi connectivity index (χ1n) is 7.10. The fourth-order valence-electron chi connectivity index (χ4n) is 3.07. The lowest BCUT2D eigenvalue weighted by atomic mass is 9.88. The average Bonchev–Trinajstić information content (AvgIpc) is 2.75. The molecule has 2 unspecified atom stereocenters. The van der Waals surface area contributed by atoms with E-state index in [1.54, 1.807) is 0 Å². The Bertz CT molecular complexity index is 263. The number of carbonyl (C=O) groups excluding carboxylic acids is 1. The average molecular weight is 238 g/mol. The van der Waals surface area contributed by atoms with Gasteiger partial charge in [-0.2, -0.15) is 0 Å². The molecule has 1 aliphatic carbocycles. The molecule has 0 radical (unpaired) electrons. The molecule has 2 aliphatic rings. The van der Waals surface area contributed by atoms with Crippen LogP contribution in [0, 0.1) is 11.3 Å². The molecule has 1 aliphatic heterocycles. The summed E-state index contributed by atoms with van der Waals surface area (Å²) in [5.74, 6) is 0.453. The van der Waals surface area contributed by atoms with Crippen LogP contribution in [0.2, 0.25) is 0 Å². The third-order valence-corrected chi connectivity index (χ3v) is 4.53. The normalized spacial score (nSPS) is 32.4. The number of carbonyl (C=O) groups is 1. The van der Waals surface area contributed by atoms with E-state index in [2.05, 4.69) is 24.5 Å². The van der Waals surface area contributed by atoms with Crippen LogP contribution in [0.15, 0.2) is 0 Å². The summed E-state index contributed by atoms with van der Waals surface area (Å²) in [5.41, 5.74) is 0.366. The molecule has 2 rings (SSSR count). The van der Waals surface area contributed by atoms with Crippen molar-refractivity contribution in [2.45, 2.75) is 58.4 Å². The molecule has 0 aromatic rings. The number of amides is 1. The number of hydrogen-bond donors (Lipinski definition) is 2. The SMILES string of the molecule is CC1CCC(C(=O)NCC2(C)CCCC2)CN1. The Morgan fingerprint density at radius 3 is 2.65 bits per heavy atom. The number of rotatable bonds is 3. The van der Waals surface area contributed by atoms with Crippen molar-refractivity contribution in [1.82, 2.24) is 10.6 Å². The minimum atomic E-state index is 0.191. The van der Waals surface area contributed by atoms with Gasteiger partial charge in [0.1, 0.15) is 0 Å². The van der Waals surface area contributed by atoms with Gasteiger partial charge in [-0.05, 0) is 38.0 Å². The van der Waals surface area contributed by atoms with Crippen molar-refractivity contribution in [2.75, 3.05) is 13.1 Å². The van der Waals surface area contributed by atoms with Gasteiger partial charge in [-0.25, -0.2) is 0 Å². The maximum Gasteiger partial charge on any atom is 0.224 e. The van der Waals surface area contributed by atoms with E-state index in [9.17, 15) is 4.79 Å². The third kappa shape index (κ3) is 3.44. The molecular weight excluding hydrogens is 212 g/mol. The van der Waals surface area contributed by atoms with E-state index in [0.717, 1.165) is 25.9 Å². The molecule has 1 saturated heterocycles. The predicted octanol–water partition coefficient (Wildman–Crippen LogP) is 2.07. The summed E-state index contributed by atoms with van der Waals surface area (Å²) < 4.78 is 0. The molecule has 1 heterocycles. The van der Waals surface area contributed by atoms with Gasteiger partial charge in [-0.15, -0.1) is 0 Å². The first kappa shape index (κ1) is 12.9. The third-order valence-electron chi connectivity index (χ3n) is 4.53. The summed E-state index contributed by atoms with van der Waals surface area (Å²) in [6.45, 7) is 6.22. The standard InChI is InChI=1S/C14H26N2O/c1-11-5-6-12(9-15-11)13(17)16-10-14(2)7-3-4-8-14/h11-12,15H,3-10H2,1-2H3,(H,16,17). The lowest BCUT2D eigenvalue weighted by Gasteiger charge is -2.29. The molecule has 1 saturated carbocycles. The van der Waals surface area contributed by atoms with Gasteiger partial charge in [0.15, 0.2) is 0 Å². The summed E-state index contributed by atoms with van der Waals surface area (Å²) in [6.07, 6.45) is 7.36. The first-order chi connectivity index (χ1) is 8.09. The minimum absolute atomic E-state index is 0.191. The predicted molar refractivity (Wildman–Crippen MR) is 69.8 cm³/mol. The molecule has 3 heteroatoms. The van der Waals surface area contributed by atoms with Crippen LogP contribution < -0.4 is 10.6 Å². The first-order valence-corrected chi connectivity index (χ1v) is 7.10. The van der Waals surface area contributed by atoms with Crippen LogP contribution >= 0.6 is 0 Å². The van der Waals surface area contributed by atoms with Gasteiger partial charge < -0.3 is 10.6 Å². The Morgan fingerprint density at radius 2 is 2.06 bits per heavy atom. The van der Waals surface area contributed by atoms with E-state index < -0.39 is 0 Å². The maximum atomic E-state index is 12.1. The van der Waals surface area contributed by atoms with Gasteiger partial charge in [0.05, 0.1) is 5.92 Å². The van der Waals surface area contributed by atoms with Crippen LogP contribution in [0.4, 0.5) is 0 Å². The van der Waals surface area contributed by atoms with Crippen molar-refractivity contribution < 1.29 is 4.79 Å². The monoisotopic (exact) mass is 238 g/mol. The highest BCUT2D eigenvalue weighted by Crippen LogP contribution is 2.36. The van der Waals surface area contributed by atoms with Gasteiger partial charge in [0.25, 0.3) is 0 Å². The van der Waals surface area contributed by atoms with Crippen molar-refractivity contribution >= 4 is 5.91 Å².